The second kappa shape index (κ2) is 7.24. The first kappa shape index (κ1) is 15.5. The Hall–Kier alpha value is -0.850. The van der Waals surface area contributed by atoms with Gasteiger partial charge < -0.3 is 0 Å². The van der Waals surface area contributed by atoms with E-state index < -0.39 is 0 Å². The highest BCUT2D eigenvalue weighted by molar-refractivity contribution is 7.99. The maximum absolute atomic E-state index is 8.56. The van der Waals surface area contributed by atoms with Crippen LogP contribution in [0.2, 0.25) is 15.1 Å². The number of hydrogen-bond acceptors (Lipinski definition) is 2. The molecule has 0 aliphatic rings. The van der Waals surface area contributed by atoms with Gasteiger partial charge >= 0.3 is 0 Å². The third-order valence-corrected chi connectivity index (χ3v) is 4.86. The second-order valence-electron chi connectivity index (χ2n) is 4.10. The lowest BCUT2D eigenvalue weighted by Gasteiger charge is -2.07. The summed E-state index contributed by atoms with van der Waals surface area (Å²) in [6.45, 7) is 0. The number of nitrogens with zero attached hydrogens (tertiary/aromatic N) is 1. The molecule has 1 nitrogen and oxygen atoms in total. The van der Waals surface area contributed by atoms with Crippen LogP contribution in [0.4, 0.5) is 0 Å². The van der Waals surface area contributed by atoms with Gasteiger partial charge in [0.1, 0.15) is 0 Å². The molecule has 20 heavy (non-hydrogen) atoms. The molecule has 5 heteroatoms. The first-order valence-electron chi connectivity index (χ1n) is 5.88. The Labute approximate surface area is 137 Å². The van der Waals surface area contributed by atoms with Crippen LogP contribution in [0.15, 0.2) is 46.2 Å². The van der Waals surface area contributed by atoms with Crippen molar-refractivity contribution in [3.8, 4) is 6.07 Å². The number of aryl methyl sites for hydroxylation is 1. The average molecular weight is 343 g/mol. The van der Waals surface area contributed by atoms with E-state index in [9.17, 15) is 0 Å². The van der Waals surface area contributed by atoms with Gasteiger partial charge in [-0.05, 0) is 36.2 Å². The smallest absolute Gasteiger partial charge is 0.0625 e. The van der Waals surface area contributed by atoms with Gasteiger partial charge in [0.15, 0.2) is 0 Å². The zero-order chi connectivity index (χ0) is 14.5. The third-order valence-electron chi connectivity index (χ3n) is 2.65. The Morgan fingerprint density at radius 3 is 2.25 bits per heavy atom. The van der Waals surface area contributed by atoms with E-state index in [0.29, 0.717) is 21.5 Å². The van der Waals surface area contributed by atoms with Gasteiger partial charge in [0.25, 0.3) is 0 Å². The Kier molecular flexibility index (Phi) is 5.63. The van der Waals surface area contributed by atoms with Gasteiger partial charge in [-0.1, -0.05) is 58.7 Å². The lowest BCUT2D eigenvalue weighted by Crippen LogP contribution is -1.83. The van der Waals surface area contributed by atoms with E-state index in [0.717, 1.165) is 21.8 Å². The molecule has 0 radical (unpaired) electrons. The minimum Gasteiger partial charge on any atom is -0.198 e. The van der Waals surface area contributed by atoms with Crippen LogP contribution in [0.5, 0.6) is 0 Å². The second-order valence-corrected chi connectivity index (χ2v) is 6.44. The fourth-order valence-electron chi connectivity index (χ4n) is 1.63. The van der Waals surface area contributed by atoms with E-state index in [1.807, 2.05) is 24.3 Å². The van der Waals surface area contributed by atoms with E-state index in [4.69, 9.17) is 40.1 Å². The molecule has 2 rings (SSSR count). The van der Waals surface area contributed by atoms with Gasteiger partial charge in [-0.2, -0.15) is 5.26 Å². The van der Waals surface area contributed by atoms with Gasteiger partial charge in [-0.3, -0.25) is 0 Å². The van der Waals surface area contributed by atoms with Crippen molar-refractivity contribution in [3.05, 3.63) is 57.0 Å². The quantitative estimate of drug-likeness (QED) is 0.613. The molecule has 2 aromatic carbocycles. The molecule has 102 valence electrons. The molecule has 0 spiro atoms. The summed E-state index contributed by atoms with van der Waals surface area (Å²) in [5, 5.41) is 10.1. The Balaban J connectivity index is 2.14. The molecule has 0 atom stereocenters. The van der Waals surface area contributed by atoms with Gasteiger partial charge in [-0.15, -0.1) is 0 Å². The van der Waals surface area contributed by atoms with Crippen LogP contribution in [0, 0.1) is 11.3 Å². The summed E-state index contributed by atoms with van der Waals surface area (Å²) in [6, 6.07) is 13.6. The fourth-order valence-corrected chi connectivity index (χ4v) is 3.22. The van der Waals surface area contributed by atoms with Crippen LogP contribution in [-0.2, 0) is 6.42 Å². The predicted molar refractivity (Wildman–Crippen MR) is 86.0 cm³/mol. The highest BCUT2D eigenvalue weighted by atomic mass is 35.5. The first-order valence-corrected chi connectivity index (χ1v) is 7.83. The monoisotopic (exact) mass is 341 g/mol. The largest absolute Gasteiger partial charge is 0.198 e. The van der Waals surface area contributed by atoms with Crippen LogP contribution >= 0.6 is 46.6 Å². The normalized spacial score (nSPS) is 10.3. The van der Waals surface area contributed by atoms with Crippen LogP contribution in [-0.4, -0.2) is 0 Å². The van der Waals surface area contributed by atoms with E-state index in [2.05, 4.69) is 6.07 Å². The molecule has 0 aliphatic carbocycles. The van der Waals surface area contributed by atoms with Gasteiger partial charge in [0, 0.05) is 16.2 Å². The zero-order valence-electron chi connectivity index (χ0n) is 10.4. The van der Waals surface area contributed by atoms with Crippen LogP contribution < -0.4 is 0 Å². The van der Waals surface area contributed by atoms with Crippen molar-refractivity contribution in [2.45, 2.75) is 22.6 Å². The molecule has 2 aromatic rings. The lowest BCUT2D eigenvalue weighted by molar-refractivity contribution is 1.01. The maximum atomic E-state index is 8.56. The van der Waals surface area contributed by atoms with Crippen LogP contribution in [0.1, 0.15) is 12.0 Å². The summed E-state index contributed by atoms with van der Waals surface area (Å²) >= 11 is 19.6. The SMILES string of the molecule is N#CCCc1ccc(Sc2cc(Cl)c(Cl)cc2Cl)cc1. The number of hydrogen-bond donors (Lipinski definition) is 0. The summed E-state index contributed by atoms with van der Waals surface area (Å²) < 4.78 is 0. The summed E-state index contributed by atoms with van der Waals surface area (Å²) in [5.41, 5.74) is 1.15. The number of halogens is 3. The first-order chi connectivity index (χ1) is 9.60. The van der Waals surface area contributed by atoms with Crippen molar-refractivity contribution in [3.63, 3.8) is 0 Å². The van der Waals surface area contributed by atoms with E-state index in [1.165, 1.54) is 11.8 Å². The molecule has 0 saturated carbocycles. The minimum absolute atomic E-state index is 0.452. The van der Waals surface area contributed by atoms with Crippen LogP contribution in [0.3, 0.4) is 0 Å². The fraction of sp³-hybridized carbons (Fsp3) is 0.133. The number of rotatable bonds is 4. The highest BCUT2D eigenvalue weighted by Crippen LogP contribution is 2.38. The number of nitriles is 1. The maximum Gasteiger partial charge on any atom is 0.0625 e. The third kappa shape index (κ3) is 4.07. The molecule has 0 aromatic heterocycles. The lowest BCUT2D eigenvalue weighted by atomic mass is 10.1. The standard InChI is InChI=1S/C15H10Cl3NS/c16-12-8-14(18)15(9-13(12)17)20-11-5-3-10(4-6-11)2-1-7-19/h3-6,8-9H,1-2H2. The van der Waals surface area contributed by atoms with Crippen molar-refractivity contribution in [1.29, 1.82) is 5.26 Å². The van der Waals surface area contributed by atoms with Crippen molar-refractivity contribution in [1.82, 2.24) is 0 Å². The summed E-state index contributed by atoms with van der Waals surface area (Å²) in [7, 11) is 0. The van der Waals surface area contributed by atoms with Crippen molar-refractivity contribution < 1.29 is 0 Å². The molecule has 0 saturated heterocycles. The van der Waals surface area contributed by atoms with Crippen molar-refractivity contribution in [2.24, 2.45) is 0 Å². The Morgan fingerprint density at radius 2 is 1.60 bits per heavy atom. The molecule has 0 heterocycles. The minimum atomic E-state index is 0.452. The zero-order valence-corrected chi connectivity index (χ0v) is 13.5. The van der Waals surface area contributed by atoms with Gasteiger partial charge in [0.05, 0.1) is 21.1 Å². The summed E-state index contributed by atoms with van der Waals surface area (Å²) in [5.74, 6) is 0. The molecular formula is C15H10Cl3NS. The molecule has 0 unspecified atom stereocenters. The van der Waals surface area contributed by atoms with Crippen molar-refractivity contribution >= 4 is 46.6 Å². The molecule has 0 N–H and O–H groups in total. The van der Waals surface area contributed by atoms with Gasteiger partial charge in [0.2, 0.25) is 0 Å². The Bertz CT molecular complexity index is 647. The number of benzene rings is 2. The van der Waals surface area contributed by atoms with Crippen LogP contribution in [0.25, 0.3) is 0 Å². The molecule has 0 fully saturated rings. The molecular weight excluding hydrogens is 333 g/mol. The Morgan fingerprint density at radius 1 is 0.950 bits per heavy atom. The summed E-state index contributed by atoms with van der Waals surface area (Å²) in [6.07, 6.45) is 1.31. The molecule has 0 bridgehead atoms. The predicted octanol–water partition coefficient (Wildman–Crippen LogP) is 6.25. The van der Waals surface area contributed by atoms with E-state index in [-0.39, 0.29) is 0 Å². The average Bonchev–Trinajstić information content (AvgIpc) is 2.44. The van der Waals surface area contributed by atoms with E-state index in [1.54, 1.807) is 12.1 Å². The summed E-state index contributed by atoms with van der Waals surface area (Å²) in [4.78, 5) is 1.93. The van der Waals surface area contributed by atoms with Gasteiger partial charge in [-0.25, -0.2) is 0 Å². The van der Waals surface area contributed by atoms with Crippen molar-refractivity contribution in [2.75, 3.05) is 0 Å². The molecule has 0 amide bonds. The molecule has 0 aliphatic heterocycles. The topological polar surface area (TPSA) is 23.8 Å². The highest BCUT2D eigenvalue weighted by Gasteiger charge is 2.07. The van der Waals surface area contributed by atoms with E-state index >= 15 is 0 Å².